The summed E-state index contributed by atoms with van der Waals surface area (Å²) in [6.07, 6.45) is 8.30. The van der Waals surface area contributed by atoms with E-state index < -0.39 is 0 Å². The number of nitrogens with zero attached hydrogens (tertiary/aromatic N) is 3. The number of rotatable bonds is 7. The zero-order chi connectivity index (χ0) is 12.3. The van der Waals surface area contributed by atoms with Crippen molar-refractivity contribution in [2.75, 3.05) is 13.1 Å². The molecule has 0 spiro atoms. The number of imidazole rings is 1. The Labute approximate surface area is 108 Å². The second kappa shape index (κ2) is 5.60. The zero-order valence-corrected chi connectivity index (χ0v) is 11.1. The molecule has 2 rings (SSSR count). The monoisotopic (exact) mass is 252 g/mol. The lowest BCUT2D eigenvalue weighted by Gasteiger charge is -2.21. The average molecular weight is 252 g/mol. The van der Waals surface area contributed by atoms with Gasteiger partial charge in [-0.25, -0.2) is 4.98 Å². The first-order valence-corrected chi connectivity index (χ1v) is 6.56. The first-order valence-electron chi connectivity index (χ1n) is 6.15. The van der Waals surface area contributed by atoms with Crippen LogP contribution >= 0.6 is 12.2 Å². The molecule has 5 heteroatoms. The van der Waals surface area contributed by atoms with Gasteiger partial charge in [0.25, 0.3) is 0 Å². The highest BCUT2D eigenvalue weighted by Crippen LogP contribution is 2.26. The Morgan fingerprint density at radius 1 is 1.59 bits per heavy atom. The number of hydrogen-bond donors (Lipinski definition) is 1. The van der Waals surface area contributed by atoms with Gasteiger partial charge in [-0.1, -0.05) is 12.2 Å². The third kappa shape index (κ3) is 3.78. The molecule has 0 bridgehead atoms. The van der Waals surface area contributed by atoms with Crippen LogP contribution in [0.5, 0.6) is 0 Å². The summed E-state index contributed by atoms with van der Waals surface area (Å²) >= 11 is 4.94. The van der Waals surface area contributed by atoms with E-state index in [1.165, 1.54) is 12.8 Å². The van der Waals surface area contributed by atoms with E-state index in [1.54, 1.807) is 0 Å². The van der Waals surface area contributed by atoms with E-state index >= 15 is 0 Å². The second-order valence-electron chi connectivity index (χ2n) is 4.69. The van der Waals surface area contributed by atoms with Crippen molar-refractivity contribution in [3.63, 3.8) is 0 Å². The third-order valence-electron chi connectivity index (χ3n) is 3.25. The molecular formula is C12H20N4S. The maximum absolute atomic E-state index is 5.56. The molecule has 0 atom stereocenters. The van der Waals surface area contributed by atoms with Gasteiger partial charge in [-0.15, -0.1) is 0 Å². The van der Waals surface area contributed by atoms with E-state index in [2.05, 4.69) is 14.5 Å². The summed E-state index contributed by atoms with van der Waals surface area (Å²) in [5.41, 5.74) is 5.56. The fourth-order valence-electron chi connectivity index (χ4n) is 2.05. The molecule has 94 valence electrons. The Bertz CT molecular complexity index is 384. The number of hydrogen-bond acceptors (Lipinski definition) is 3. The quantitative estimate of drug-likeness (QED) is 0.738. The Balaban J connectivity index is 1.81. The van der Waals surface area contributed by atoms with Gasteiger partial charge in [-0.2, -0.15) is 0 Å². The largest absolute Gasteiger partial charge is 0.393 e. The molecule has 0 aliphatic heterocycles. The minimum atomic E-state index is 0.618. The average Bonchev–Trinajstić information content (AvgIpc) is 3.03. The van der Waals surface area contributed by atoms with Crippen LogP contribution in [0.2, 0.25) is 0 Å². The van der Waals surface area contributed by atoms with E-state index in [-0.39, 0.29) is 0 Å². The molecule has 1 aromatic heterocycles. The summed E-state index contributed by atoms with van der Waals surface area (Å²) < 4.78 is 2.08. The fraction of sp³-hybridized carbons (Fsp3) is 0.667. The number of nitrogens with two attached hydrogens (primary N) is 1. The van der Waals surface area contributed by atoms with Crippen LogP contribution in [-0.2, 0) is 13.5 Å². The SMILES string of the molecule is Cn1ccnc1CCN(CCC(N)=S)C1CC1. The summed E-state index contributed by atoms with van der Waals surface area (Å²) in [5, 5.41) is 0. The molecule has 1 fully saturated rings. The summed E-state index contributed by atoms with van der Waals surface area (Å²) in [7, 11) is 2.04. The molecule has 0 unspecified atom stereocenters. The van der Waals surface area contributed by atoms with Gasteiger partial charge >= 0.3 is 0 Å². The summed E-state index contributed by atoms with van der Waals surface area (Å²) in [4.78, 5) is 7.46. The van der Waals surface area contributed by atoms with Crippen molar-refractivity contribution in [3.8, 4) is 0 Å². The highest BCUT2D eigenvalue weighted by Gasteiger charge is 2.28. The van der Waals surface area contributed by atoms with E-state index in [0.717, 1.165) is 37.8 Å². The normalized spacial score (nSPS) is 15.4. The van der Waals surface area contributed by atoms with Gasteiger partial charge in [-0.3, -0.25) is 4.90 Å². The minimum Gasteiger partial charge on any atom is -0.393 e. The minimum absolute atomic E-state index is 0.618. The number of aromatic nitrogens is 2. The van der Waals surface area contributed by atoms with Gasteiger partial charge in [0.2, 0.25) is 0 Å². The predicted octanol–water partition coefficient (Wildman–Crippen LogP) is 1.10. The van der Waals surface area contributed by atoms with Crippen molar-refractivity contribution in [1.82, 2.24) is 14.5 Å². The molecule has 1 saturated carbocycles. The second-order valence-corrected chi connectivity index (χ2v) is 5.21. The molecule has 1 aliphatic rings. The van der Waals surface area contributed by atoms with Crippen LogP contribution in [0.4, 0.5) is 0 Å². The lowest BCUT2D eigenvalue weighted by Crippen LogP contribution is -2.32. The smallest absolute Gasteiger partial charge is 0.109 e. The van der Waals surface area contributed by atoms with Crippen molar-refractivity contribution < 1.29 is 0 Å². The Morgan fingerprint density at radius 2 is 2.35 bits per heavy atom. The highest BCUT2D eigenvalue weighted by molar-refractivity contribution is 7.80. The van der Waals surface area contributed by atoms with E-state index in [1.807, 2.05) is 19.4 Å². The van der Waals surface area contributed by atoms with Crippen LogP contribution in [-0.4, -0.2) is 38.6 Å². The van der Waals surface area contributed by atoms with E-state index in [4.69, 9.17) is 18.0 Å². The van der Waals surface area contributed by atoms with Crippen LogP contribution in [0.1, 0.15) is 25.1 Å². The van der Waals surface area contributed by atoms with Crippen LogP contribution in [0, 0.1) is 0 Å². The molecule has 4 nitrogen and oxygen atoms in total. The molecule has 1 aromatic rings. The summed E-state index contributed by atoms with van der Waals surface area (Å²) in [5.74, 6) is 1.14. The Hall–Kier alpha value is -0.940. The Kier molecular flexibility index (Phi) is 4.12. The van der Waals surface area contributed by atoms with Gasteiger partial charge < -0.3 is 10.3 Å². The highest BCUT2D eigenvalue weighted by atomic mass is 32.1. The van der Waals surface area contributed by atoms with Crippen molar-refractivity contribution in [2.45, 2.75) is 31.7 Å². The molecule has 0 amide bonds. The molecule has 0 aromatic carbocycles. The zero-order valence-electron chi connectivity index (χ0n) is 10.3. The van der Waals surface area contributed by atoms with Gasteiger partial charge in [0.1, 0.15) is 5.82 Å². The molecule has 1 heterocycles. The van der Waals surface area contributed by atoms with Crippen LogP contribution in [0.25, 0.3) is 0 Å². The maximum atomic E-state index is 5.56. The lowest BCUT2D eigenvalue weighted by molar-refractivity contribution is 0.272. The summed E-state index contributed by atoms with van der Waals surface area (Å²) in [6, 6.07) is 0.754. The summed E-state index contributed by atoms with van der Waals surface area (Å²) in [6.45, 7) is 2.04. The van der Waals surface area contributed by atoms with E-state index in [9.17, 15) is 0 Å². The van der Waals surface area contributed by atoms with Crippen LogP contribution in [0.15, 0.2) is 12.4 Å². The van der Waals surface area contributed by atoms with Crippen molar-refractivity contribution in [1.29, 1.82) is 0 Å². The molecule has 0 saturated heterocycles. The first kappa shape index (κ1) is 12.5. The predicted molar refractivity (Wildman–Crippen MR) is 72.9 cm³/mol. The van der Waals surface area contributed by atoms with E-state index in [0.29, 0.717) is 4.99 Å². The molecule has 0 radical (unpaired) electrons. The maximum Gasteiger partial charge on any atom is 0.109 e. The van der Waals surface area contributed by atoms with Crippen LogP contribution < -0.4 is 5.73 Å². The lowest BCUT2D eigenvalue weighted by atomic mass is 10.3. The van der Waals surface area contributed by atoms with Gasteiger partial charge in [0.15, 0.2) is 0 Å². The molecular weight excluding hydrogens is 232 g/mol. The van der Waals surface area contributed by atoms with Crippen molar-refractivity contribution in [2.24, 2.45) is 12.8 Å². The Morgan fingerprint density at radius 3 is 2.88 bits per heavy atom. The molecule has 2 N–H and O–H groups in total. The third-order valence-corrected chi connectivity index (χ3v) is 3.46. The fourth-order valence-corrected chi connectivity index (χ4v) is 2.14. The van der Waals surface area contributed by atoms with Crippen LogP contribution in [0.3, 0.4) is 0 Å². The van der Waals surface area contributed by atoms with Gasteiger partial charge in [-0.05, 0) is 12.8 Å². The van der Waals surface area contributed by atoms with Gasteiger partial charge in [0.05, 0.1) is 4.99 Å². The van der Waals surface area contributed by atoms with Crippen molar-refractivity contribution in [3.05, 3.63) is 18.2 Å². The number of thiocarbonyl (C=S) groups is 1. The topological polar surface area (TPSA) is 47.1 Å². The van der Waals surface area contributed by atoms with Crippen molar-refractivity contribution >= 4 is 17.2 Å². The first-order chi connectivity index (χ1) is 8.16. The number of aryl methyl sites for hydroxylation is 1. The molecule has 1 aliphatic carbocycles. The molecule has 17 heavy (non-hydrogen) atoms. The van der Waals surface area contributed by atoms with Gasteiger partial charge in [0, 0.05) is 51.4 Å². The standard InChI is InChI=1S/C12H20N4S/c1-15-9-6-14-12(15)5-8-16(10-2-3-10)7-4-11(13)17/h6,9-10H,2-5,7-8H2,1H3,(H2,13,17).